The zero-order valence-electron chi connectivity index (χ0n) is 11.7. The first kappa shape index (κ1) is 15.3. The van der Waals surface area contributed by atoms with Gasteiger partial charge in [0.2, 0.25) is 0 Å². The topological polar surface area (TPSA) is 85.2 Å². The number of hydrogen-bond acceptors (Lipinski definition) is 3. The number of nitrogens with one attached hydrogen (secondary N) is 2. The summed E-state index contributed by atoms with van der Waals surface area (Å²) in [5.41, 5.74) is -0.629. The van der Waals surface area contributed by atoms with Gasteiger partial charge in [0.05, 0.1) is 11.2 Å². The number of carbonyl (C=O) groups is 1. The molecule has 21 heavy (non-hydrogen) atoms. The van der Waals surface area contributed by atoms with Gasteiger partial charge in [-0.1, -0.05) is 19.3 Å². The highest BCUT2D eigenvalue weighted by atomic mass is 19.1. The predicted molar refractivity (Wildman–Crippen MR) is 76.2 cm³/mol. The maximum atomic E-state index is 13.2. The van der Waals surface area contributed by atoms with Gasteiger partial charge in [-0.2, -0.15) is 5.26 Å². The molecule has 1 aromatic rings. The van der Waals surface area contributed by atoms with E-state index in [0.29, 0.717) is 18.5 Å². The summed E-state index contributed by atoms with van der Waals surface area (Å²) in [6.07, 6.45) is 4.40. The fraction of sp³-hybridized carbons (Fsp3) is 0.467. The van der Waals surface area contributed by atoms with Crippen molar-refractivity contribution in [3.8, 4) is 6.07 Å². The number of anilines is 1. The van der Waals surface area contributed by atoms with Gasteiger partial charge in [0.25, 0.3) is 0 Å². The minimum absolute atomic E-state index is 0.126. The van der Waals surface area contributed by atoms with Gasteiger partial charge in [0.1, 0.15) is 11.9 Å². The van der Waals surface area contributed by atoms with Gasteiger partial charge in [0, 0.05) is 12.2 Å². The Morgan fingerprint density at radius 1 is 1.38 bits per heavy atom. The van der Waals surface area contributed by atoms with E-state index in [1.54, 1.807) is 6.07 Å². The second-order valence-electron chi connectivity index (χ2n) is 5.40. The van der Waals surface area contributed by atoms with Crippen LogP contribution in [0.5, 0.6) is 0 Å². The van der Waals surface area contributed by atoms with Crippen LogP contribution in [0.25, 0.3) is 0 Å². The number of urea groups is 1. The molecular formula is C15H18FN3O2. The Bertz CT molecular complexity index is 563. The first-order valence-electron chi connectivity index (χ1n) is 6.99. The molecule has 3 N–H and O–H groups in total. The van der Waals surface area contributed by atoms with Crippen LogP contribution in [0, 0.1) is 17.1 Å². The summed E-state index contributed by atoms with van der Waals surface area (Å²) < 4.78 is 13.2. The summed E-state index contributed by atoms with van der Waals surface area (Å²) in [5.74, 6) is -0.625. The minimum Gasteiger partial charge on any atom is -0.388 e. The number of nitrogens with zero attached hydrogens (tertiary/aromatic N) is 1. The Labute approximate surface area is 122 Å². The molecule has 0 bridgehead atoms. The van der Waals surface area contributed by atoms with Crippen LogP contribution in [0.15, 0.2) is 18.2 Å². The van der Waals surface area contributed by atoms with Crippen LogP contribution in [0.4, 0.5) is 14.9 Å². The van der Waals surface area contributed by atoms with E-state index in [1.165, 1.54) is 12.1 Å². The first-order chi connectivity index (χ1) is 10.0. The third-order valence-corrected chi connectivity index (χ3v) is 3.71. The van der Waals surface area contributed by atoms with Gasteiger partial charge in [-0.15, -0.1) is 0 Å². The zero-order chi connectivity index (χ0) is 15.3. The molecule has 0 saturated heterocycles. The molecule has 6 heteroatoms. The average Bonchev–Trinajstić information content (AvgIpc) is 2.48. The lowest BCUT2D eigenvalue weighted by Crippen LogP contribution is -2.45. The summed E-state index contributed by atoms with van der Waals surface area (Å²) in [6.45, 7) is 0.186. The molecule has 0 aromatic heterocycles. The molecule has 1 fully saturated rings. The Balaban J connectivity index is 1.88. The molecular weight excluding hydrogens is 273 g/mol. The Hall–Kier alpha value is -2.13. The molecule has 5 nitrogen and oxygen atoms in total. The lowest BCUT2D eigenvalue weighted by Gasteiger charge is -2.32. The molecule has 0 atom stereocenters. The Morgan fingerprint density at radius 2 is 2.10 bits per heavy atom. The predicted octanol–water partition coefficient (Wildman–Crippen LogP) is 2.51. The van der Waals surface area contributed by atoms with Crippen LogP contribution in [-0.4, -0.2) is 23.3 Å². The zero-order valence-corrected chi connectivity index (χ0v) is 11.7. The van der Waals surface area contributed by atoms with Crippen LogP contribution in [0.1, 0.15) is 37.7 Å². The van der Waals surface area contributed by atoms with E-state index in [9.17, 15) is 14.3 Å². The van der Waals surface area contributed by atoms with Crippen molar-refractivity contribution in [2.45, 2.75) is 37.7 Å². The van der Waals surface area contributed by atoms with Crippen molar-refractivity contribution in [1.29, 1.82) is 5.26 Å². The Morgan fingerprint density at radius 3 is 2.76 bits per heavy atom. The van der Waals surface area contributed by atoms with E-state index in [1.807, 2.05) is 0 Å². The molecule has 2 rings (SSSR count). The monoisotopic (exact) mass is 291 g/mol. The molecule has 0 unspecified atom stereocenters. The molecule has 0 heterocycles. The summed E-state index contributed by atoms with van der Waals surface area (Å²) in [4.78, 5) is 11.8. The van der Waals surface area contributed by atoms with Gasteiger partial charge in [0.15, 0.2) is 0 Å². The molecule has 1 aromatic carbocycles. The number of hydrogen-bond donors (Lipinski definition) is 3. The molecule has 112 valence electrons. The van der Waals surface area contributed by atoms with E-state index in [4.69, 9.17) is 5.26 Å². The molecule has 0 radical (unpaired) electrons. The fourth-order valence-corrected chi connectivity index (χ4v) is 2.50. The number of amides is 2. The minimum atomic E-state index is -0.837. The molecule has 1 aliphatic rings. The van der Waals surface area contributed by atoms with Crippen LogP contribution in [0.3, 0.4) is 0 Å². The highest BCUT2D eigenvalue weighted by Crippen LogP contribution is 2.27. The number of benzene rings is 1. The maximum absolute atomic E-state index is 13.2. The van der Waals surface area contributed by atoms with Crippen molar-refractivity contribution in [3.63, 3.8) is 0 Å². The number of nitriles is 1. The third-order valence-electron chi connectivity index (χ3n) is 3.71. The lowest BCUT2D eigenvalue weighted by atomic mass is 9.85. The van der Waals surface area contributed by atoms with Crippen LogP contribution in [-0.2, 0) is 0 Å². The summed E-state index contributed by atoms with van der Waals surface area (Å²) in [5, 5.41) is 24.1. The lowest BCUT2D eigenvalue weighted by molar-refractivity contribution is 0.00755. The van der Waals surface area contributed by atoms with Crippen molar-refractivity contribution < 1.29 is 14.3 Å². The van der Waals surface area contributed by atoms with Crippen molar-refractivity contribution >= 4 is 11.7 Å². The molecule has 1 aliphatic carbocycles. The van der Waals surface area contributed by atoms with Gasteiger partial charge in [-0.3, -0.25) is 0 Å². The van der Waals surface area contributed by atoms with Crippen LogP contribution >= 0.6 is 0 Å². The normalized spacial score (nSPS) is 16.8. The molecule has 1 saturated carbocycles. The average molecular weight is 291 g/mol. The Kier molecular flexibility index (Phi) is 4.76. The van der Waals surface area contributed by atoms with Gasteiger partial charge in [-0.05, 0) is 31.0 Å². The highest BCUT2D eigenvalue weighted by Gasteiger charge is 2.29. The second-order valence-corrected chi connectivity index (χ2v) is 5.40. The SMILES string of the molecule is N#Cc1cc(NC(=O)NCC2(O)CCCCC2)ccc1F. The van der Waals surface area contributed by atoms with E-state index < -0.39 is 17.4 Å². The van der Waals surface area contributed by atoms with Crippen molar-refractivity contribution in [1.82, 2.24) is 5.32 Å². The smallest absolute Gasteiger partial charge is 0.319 e. The van der Waals surface area contributed by atoms with E-state index in [-0.39, 0.29) is 12.1 Å². The summed E-state index contributed by atoms with van der Waals surface area (Å²) in [7, 11) is 0. The number of rotatable bonds is 3. The van der Waals surface area contributed by atoms with Gasteiger partial charge in [-0.25, -0.2) is 9.18 Å². The van der Waals surface area contributed by atoms with E-state index in [2.05, 4.69) is 10.6 Å². The molecule has 0 spiro atoms. The first-order valence-corrected chi connectivity index (χ1v) is 6.99. The summed E-state index contributed by atoms with van der Waals surface area (Å²) >= 11 is 0. The fourth-order valence-electron chi connectivity index (χ4n) is 2.50. The van der Waals surface area contributed by atoms with Crippen LogP contribution in [0.2, 0.25) is 0 Å². The van der Waals surface area contributed by atoms with Gasteiger partial charge >= 0.3 is 6.03 Å². The molecule has 2 amide bonds. The van der Waals surface area contributed by atoms with Crippen molar-refractivity contribution in [2.24, 2.45) is 0 Å². The third kappa shape index (κ3) is 4.17. The largest absolute Gasteiger partial charge is 0.388 e. The quantitative estimate of drug-likeness (QED) is 0.800. The number of halogens is 1. The van der Waals surface area contributed by atoms with E-state index >= 15 is 0 Å². The molecule has 0 aliphatic heterocycles. The standard InChI is InChI=1S/C15H18FN3O2/c16-13-5-4-12(8-11(13)9-17)19-14(20)18-10-15(21)6-2-1-3-7-15/h4-5,8,21H,1-3,6-7,10H2,(H2,18,19,20). The van der Waals surface area contributed by atoms with Crippen LogP contribution < -0.4 is 10.6 Å². The number of aliphatic hydroxyl groups is 1. The number of carbonyl (C=O) groups excluding carboxylic acids is 1. The van der Waals surface area contributed by atoms with Gasteiger partial charge < -0.3 is 15.7 Å². The second kappa shape index (κ2) is 6.55. The highest BCUT2D eigenvalue weighted by molar-refractivity contribution is 5.89. The van der Waals surface area contributed by atoms with E-state index in [0.717, 1.165) is 25.3 Å². The maximum Gasteiger partial charge on any atom is 0.319 e. The summed E-state index contributed by atoms with van der Waals surface area (Å²) in [6, 6.07) is 5.01. The van der Waals surface area contributed by atoms with Crippen molar-refractivity contribution in [3.05, 3.63) is 29.6 Å². The van der Waals surface area contributed by atoms with Crippen molar-refractivity contribution in [2.75, 3.05) is 11.9 Å².